The smallest absolute Gasteiger partial charge is 0.226 e. The van der Waals surface area contributed by atoms with Gasteiger partial charge in [-0.05, 0) is 36.8 Å². The largest absolute Gasteiger partial charge is 0.346 e. The Hall–Kier alpha value is -0.830. The van der Waals surface area contributed by atoms with Crippen LogP contribution in [0.1, 0.15) is 30.4 Å². The maximum Gasteiger partial charge on any atom is 0.226 e. The molecule has 3 heteroatoms. The normalized spacial score (nSPS) is 14.4. The molecule has 0 saturated heterocycles. The predicted octanol–water partition coefficient (Wildman–Crippen LogP) is 3.43. The summed E-state index contributed by atoms with van der Waals surface area (Å²) in [5.41, 5.74) is 2.71. The second kappa shape index (κ2) is 7.09. The van der Waals surface area contributed by atoms with Crippen molar-refractivity contribution in [3.8, 4) is 0 Å². The highest BCUT2D eigenvalue weighted by molar-refractivity contribution is 9.09. The minimum absolute atomic E-state index is 0.165. The second-order valence-corrected chi connectivity index (χ2v) is 6.18. The Morgan fingerprint density at radius 1 is 1.21 bits per heavy atom. The van der Waals surface area contributed by atoms with E-state index in [2.05, 4.69) is 40.2 Å². The fourth-order valence-electron chi connectivity index (χ4n) is 2.78. The molecule has 1 aromatic rings. The molecule has 1 aromatic carbocycles. The summed E-state index contributed by atoms with van der Waals surface area (Å²) >= 11 is 3.44. The quantitative estimate of drug-likeness (QED) is 0.580. The number of nitrogens with zero attached hydrogens (tertiary/aromatic N) is 1. The lowest BCUT2D eigenvalue weighted by Gasteiger charge is -2.20. The summed E-state index contributed by atoms with van der Waals surface area (Å²) in [5, 5.41) is 1.06. The van der Waals surface area contributed by atoms with E-state index in [9.17, 15) is 4.79 Å². The Balaban J connectivity index is 1.81. The van der Waals surface area contributed by atoms with Gasteiger partial charge in [-0.15, -0.1) is 0 Å². The lowest BCUT2D eigenvalue weighted by Crippen LogP contribution is -2.34. The minimum atomic E-state index is 0.165. The van der Waals surface area contributed by atoms with Crippen LogP contribution in [0.5, 0.6) is 0 Å². The van der Waals surface area contributed by atoms with Crippen molar-refractivity contribution in [2.24, 2.45) is 5.92 Å². The number of hydrogen-bond donors (Lipinski definition) is 0. The monoisotopic (exact) mass is 323 g/mol. The van der Waals surface area contributed by atoms with Gasteiger partial charge in [0.25, 0.3) is 0 Å². The molecule has 2 rings (SSSR count). The first-order valence-corrected chi connectivity index (χ1v) is 8.22. The Morgan fingerprint density at radius 3 is 2.42 bits per heavy atom. The summed E-state index contributed by atoms with van der Waals surface area (Å²) < 4.78 is 0. The molecule has 19 heavy (non-hydrogen) atoms. The van der Waals surface area contributed by atoms with Gasteiger partial charge >= 0.3 is 0 Å². The van der Waals surface area contributed by atoms with Crippen LogP contribution >= 0.6 is 15.9 Å². The van der Waals surface area contributed by atoms with E-state index in [4.69, 9.17) is 0 Å². The molecule has 1 aliphatic rings. The van der Waals surface area contributed by atoms with Gasteiger partial charge in [0.05, 0.1) is 0 Å². The average molecular weight is 324 g/mol. The summed E-state index contributed by atoms with van der Waals surface area (Å²) in [6.45, 7) is 0.888. The number of halogens is 1. The molecule has 0 N–H and O–H groups in total. The molecule has 1 aliphatic carbocycles. The first kappa shape index (κ1) is 14.6. The molecule has 0 unspecified atom stereocenters. The van der Waals surface area contributed by atoms with Crippen LogP contribution < -0.4 is 0 Å². The van der Waals surface area contributed by atoms with Crippen LogP contribution in [-0.4, -0.2) is 29.7 Å². The van der Waals surface area contributed by atoms with E-state index < -0.39 is 0 Å². The third kappa shape index (κ3) is 3.82. The van der Waals surface area contributed by atoms with Crippen molar-refractivity contribution in [1.29, 1.82) is 0 Å². The van der Waals surface area contributed by atoms with Gasteiger partial charge in [-0.3, -0.25) is 4.79 Å². The van der Waals surface area contributed by atoms with Crippen molar-refractivity contribution >= 4 is 21.8 Å². The third-order valence-electron chi connectivity index (χ3n) is 3.90. The Labute approximate surface area is 124 Å². The van der Waals surface area contributed by atoms with Gasteiger partial charge < -0.3 is 4.90 Å². The molecule has 0 atom stereocenters. The second-order valence-electron chi connectivity index (χ2n) is 5.38. The Bertz CT molecular complexity index is 408. The summed E-state index contributed by atoms with van der Waals surface area (Å²) in [4.78, 5) is 14.3. The van der Waals surface area contributed by atoms with E-state index in [1.807, 2.05) is 11.9 Å². The zero-order valence-corrected chi connectivity index (χ0v) is 13.2. The standard InChI is InChI=1S/C16H22BrNO/c1-18(10-6-2-5-9-17)16(19)15-11-13-7-3-4-8-14(13)12-15/h3-4,7-8,15H,2,5-6,9-12H2,1H3. The van der Waals surface area contributed by atoms with E-state index in [1.165, 1.54) is 24.0 Å². The van der Waals surface area contributed by atoms with Crippen molar-refractivity contribution in [2.75, 3.05) is 18.9 Å². The van der Waals surface area contributed by atoms with E-state index >= 15 is 0 Å². The summed E-state index contributed by atoms with van der Waals surface area (Å²) in [5.74, 6) is 0.480. The van der Waals surface area contributed by atoms with E-state index in [0.717, 1.165) is 31.1 Å². The maximum atomic E-state index is 12.4. The Morgan fingerprint density at radius 2 is 1.84 bits per heavy atom. The van der Waals surface area contributed by atoms with Crippen LogP contribution in [0.25, 0.3) is 0 Å². The molecule has 2 nitrogen and oxygen atoms in total. The highest BCUT2D eigenvalue weighted by atomic mass is 79.9. The number of unbranched alkanes of at least 4 members (excludes halogenated alkanes) is 2. The molecule has 0 saturated carbocycles. The SMILES string of the molecule is CN(CCCCCBr)C(=O)C1Cc2ccccc2C1. The number of fused-ring (bicyclic) bond motifs is 1. The van der Waals surface area contributed by atoms with Gasteiger partial charge in [-0.25, -0.2) is 0 Å². The van der Waals surface area contributed by atoms with Gasteiger partial charge in [0.1, 0.15) is 0 Å². The number of rotatable bonds is 6. The third-order valence-corrected chi connectivity index (χ3v) is 4.46. The zero-order valence-electron chi connectivity index (χ0n) is 11.6. The fraction of sp³-hybridized carbons (Fsp3) is 0.562. The zero-order chi connectivity index (χ0) is 13.7. The number of carbonyl (C=O) groups excluding carboxylic acids is 1. The van der Waals surface area contributed by atoms with Gasteiger partial charge in [0.2, 0.25) is 5.91 Å². The van der Waals surface area contributed by atoms with Crippen LogP contribution in [0.15, 0.2) is 24.3 Å². The molecule has 0 fully saturated rings. The molecule has 0 spiro atoms. The highest BCUT2D eigenvalue weighted by Crippen LogP contribution is 2.27. The molecule has 0 radical (unpaired) electrons. The minimum Gasteiger partial charge on any atom is -0.346 e. The molecule has 0 aliphatic heterocycles. The van der Waals surface area contributed by atoms with Gasteiger partial charge in [-0.2, -0.15) is 0 Å². The molecular weight excluding hydrogens is 302 g/mol. The van der Waals surface area contributed by atoms with Crippen molar-refractivity contribution in [2.45, 2.75) is 32.1 Å². The fourth-order valence-corrected chi connectivity index (χ4v) is 3.17. The molecule has 104 valence electrons. The molecule has 0 bridgehead atoms. The summed E-state index contributed by atoms with van der Waals surface area (Å²) in [6, 6.07) is 8.43. The molecule has 0 heterocycles. The van der Waals surface area contributed by atoms with Crippen LogP contribution in [0.3, 0.4) is 0 Å². The summed E-state index contributed by atoms with van der Waals surface area (Å²) in [7, 11) is 1.94. The van der Waals surface area contributed by atoms with E-state index in [-0.39, 0.29) is 5.92 Å². The predicted molar refractivity (Wildman–Crippen MR) is 82.6 cm³/mol. The van der Waals surface area contributed by atoms with E-state index in [1.54, 1.807) is 0 Å². The van der Waals surface area contributed by atoms with Crippen LogP contribution in [0, 0.1) is 5.92 Å². The lowest BCUT2D eigenvalue weighted by atomic mass is 10.0. The lowest BCUT2D eigenvalue weighted by molar-refractivity contribution is -0.133. The molecule has 1 amide bonds. The first-order valence-electron chi connectivity index (χ1n) is 7.10. The summed E-state index contributed by atoms with van der Waals surface area (Å²) in [6.07, 6.45) is 5.32. The van der Waals surface area contributed by atoms with E-state index in [0.29, 0.717) is 5.91 Å². The molecule has 0 aromatic heterocycles. The average Bonchev–Trinajstić information content (AvgIpc) is 2.86. The van der Waals surface area contributed by atoms with Gasteiger partial charge in [0, 0.05) is 24.8 Å². The van der Waals surface area contributed by atoms with Crippen LogP contribution in [0.4, 0.5) is 0 Å². The highest BCUT2D eigenvalue weighted by Gasteiger charge is 2.28. The van der Waals surface area contributed by atoms with Crippen molar-refractivity contribution < 1.29 is 4.79 Å². The number of alkyl halides is 1. The van der Waals surface area contributed by atoms with Gasteiger partial charge in [-0.1, -0.05) is 46.6 Å². The van der Waals surface area contributed by atoms with Gasteiger partial charge in [0.15, 0.2) is 0 Å². The number of benzene rings is 1. The van der Waals surface area contributed by atoms with Crippen molar-refractivity contribution in [3.05, 3.63) is 35.4 Å². The number of hydrogen-bond acceptors (Lipinski definition) is 1. The topological polar surface area (TPSA) is 20.3 Å². The maximum absolute atomic E-state index is 12.4. The Kier molecular flexibility index (Phi) is 5.44. The van der Waals surface area contributed by atoms with Crippen molar-refractivity contribution in [1.82, 2.24) is 4.90 Å². The number of carbonyl (C=O) groups is 1. The molecular formula is C16H22BrNO. The first-order chi connectivity index (χ1) is 9.22. The van der Waals surface area contributed by atoms with Crippen molar-refractivity contribution in [3.63, 3.8) is 0 Å². The van der Waals surface area contributed by atoms with Crippen LogP contribution in [0.2, 0.25) is 0 Å². The number of amides is 1. The van der Waals surface area contributed by atoms with Crippen LogP contribution in [-0.2, 0) is 17.6 Å².